The van der Waals surface area contributed by atoms with Gasteiger partial charge in [-0.3, -0.25) is 14.6 Å². The Kier molecular flexibility index (Phi) is 8.64. The highest BCUT2D eigenvalue weighted by Crippen LogP contribution is 2.25. The van der Waals surface area contributed by atoms with Gasteiger partial charge in [0.05, 0.1) is 6.42 Å². The average molecular weight is 498 g/mol. The van der Waals surface area contributed by atoms with Gasteiger partial charge in [-0.05, 0) is 61.2 Å². The maximum atomic E-state index is 12.6. The molecule has 1 fully saturated rings. The van der Waals surface area contributed by atoms with Gasteiger partial charge in [0.1, 0.15) is 11.5 Å². The van der Waals surface area contributed by atoms with Gasteiger partial charge in [0, 0.05) is 23.4 Å². The predicted molar refractivity (Wildman–Crippen MR) is 138 cm³/mol. The number of nitrogens with zero attached hydrogens (tertiary/aromatic N) is 2. The van der Waals surface area contributed by atoms with Gasteiger partial charge in [0.25, 0.3) is 5.91 Å². The molecule has 3 N–H and O–H groups in total. The second-order valence-electron chi connectivity index (χ2n) is 9.70. The molecule has 35 heavy (non-hydrogen) atoms. The van der Waals surface area contributed by atoms with Crippen LogP contribution in [-0.2, 0) is 16.6 Å². The number of nitrogens with one attached hydrogen (secondary N) is 3. The van der Waals surface area contributed by atoms with E-state index in [1.165, 1.54) is 5.56 Å². The number of carbonyl (C=O) groups is 2. The van der Waals surface area contributed by atoms with E-state index in [1.807, 2.05) is 45.2 Å². The van der Waals surface area contributed by atoms with Crippen LogP contribution in [0.4, 0.5) is 11.5 Å². The lowest BCUT2D eigenvalue weighted by Crippen LogP contribution is -2.26. The van der Waals surface area contributed by atoms with E-state index < -0.39 is 0 Å². The molecule has 0 saturated carbocycles. The molecule has 8 nitrogen and oxygen atoms in total. The maximum Gasteiger partial charge on any atom is 0.274 e. The van der Waals surface area contributed by atoms with Gasteiger partial charge in [-0.2, -0.15) is 0 Å². The molecule has 0 unspecified atom stereocenters. The summed E-state index contributed by atoms with van der Waals surface area (Å²) in [5, 5.41) is 12.9. The minimum atomic E-state index is -0.261. The van der Waals surface area contributed by atoms with Gasteiger partial charge in [0.15, 0.2) is 5.82 Å². The van der Waals surface area contributed by atoms with E-state index in [-0.39, 0.29) is 36.1 Å². The van der Waals surface area contributed by atoms with Crippen LogP contribution >= 0.6 is 12.4 Å². The molecule has 3 aromatic rings. The van der Waals surface area contributed by atoms with Crippen LogP contribution in [0.15, 0.2) is 53.2 Å². The summed E-state index contributed by atoms with van der Waals surface area (Å²) in [6, 6.07) is 12.7. The minimum Gasteiger partial charge on any atom is -0.359 e. The van der Waals surface area contributed by atoms with Crippen LogP contribution < -0.4 is 16.0 Å². The summed E-state index contributed by atoms with van der Waals surface area (Å²) in [6.07, 6.45) is 4.18. The quantitative estimate of drug-likeness (QED) is 0.456. The zero-order chi connectivity index (χ0) is 24.1. The van der Waals surface area contributed by atoms with E-state index in [0.717, 1.165) is 31.5 Å². The first-order valence-electron chi connectivity index (χ1n) is 11.6. The fraction of sp³-hybridized carbons (Fsp3) is 0.385. The van der Waals surface area contributed by atoms with Gasteiger partial charge >= 0.3 is 0 Å². The molecule has 1 aliphatic heterocycles. The zero-order valence-electron chi connectivity index (χ0n) is 20.3. The minimum absolute atomic E-state index is 0. The molecular weight excluding hydrogens is 466 g/mol. The van der Waals surface area contributed by atoms with E-state index in [4.69, 9.17) is 4.52 Å². The molecule has 186 valence electrons. The fourth-order valence-corrected chi connectivity index (χ4v) is 3.90. The molecular formula is C26H32ClN5O3. The number of benzene rings is 1. The molecule has 2 aromatic heterocycles. The molecule has 9 heteroatoms. The molecule has 0 radical (unpaired) electrons. The topological polar surface area (TPSA) is 109 Å². The maximum absolute atomic E-state index is 12.6. The summed E-state index contributed by atoms with van der Waals surface area (Å²) in [5.74, 6) is 1.16. The first-order chi connectivity index (χ1) is 16.3. The standard InChI is InChI=1S/C26H31N5O3.ClH/c1-26(2,3)22-15-23(31-34-22)30-24(32)14-17-4-7-20(8-5-17)29-25(33)21-9-6-19(16-28-21)18-10-12-27-13-11-18;/h4-9,15-16,18,27H,10-14H2,1-3H3,(H,29,33)(H,30,31,32);1H. The van der Waals surface area contributed by atoms with Crippen molar-refractivity contribution in [2.75, 3.05) is 23.7 Å². The number of pyridine rings is 1. The third-order valence-electron chi connectivity index (χ3n) is 5.92. The lowest BCUT2D eigenvalue weighted by molar-refractivity contribution is -0.115. The van der Waals surface area contributed by atoms with Crippen molar-refractivity contribution in [3.63, 3.8) is 0 Å². The van der Waals surface area contributed by atoms with E-state index in [1.54, 1.807) is 24.3 Å². The summed E-state index contributed by atoms with van der Waals surface area (Å²) in [4.78, 5) is 29.3. The highest BCUT2D eigenvalue weighted by Gasteiger charge is 2.20. The normalized spacial score (nSPS) is 14.1. The summed E-state index contributed by atoms with van der Waals surface area (Å²) in [5.41, 5.74) is 2.84. The van der Waals surface area contributed by atoms with Crippen molar-refractivity contribution in [1.29, 1.82) is 0 Å². The SMILES string of the molecule is CC(C)(C)c1cc(NC(=O)Cc2ccc(NC(=O)c3ccc(C4CCNCC4)cn3)cc2)no1.Cl. The lowest BCUT2D eigenvalue weighted by Gasteiger charge is -2.22. The Hall–Kier alpha value is -3.23. The summed E-state index contributed by atoms with van der Waals surface area (Å²) < 4.78 is 5.29. The number of aromatic nitrogens is 2. The van der Waals surface area contributed by atoms with E-state index >= 15 is 0 Å². The summed E-state index contributed by atoms with van der Waals surface area (Å²) >= 11 is 0. The largest absolute Gasteiger partial charge is 0.359 e. The van der Waals surface area contributed by atoms with Crippen molar-refractivity contribution in [2.45, 2.75) is 51.4 Å². The fourth-order valence-electron chi connectivity index (χ4n) is 3.90. The lowest BCUT2D eigenvalue weighted by atomic mass is 9.91. The van der Waals surface area contributed by atoms with Crippen LogP contribution in [0.5, 0.6) is 0 Å². The van der Waals surface area contributed by atoms with Crippen LogP contribution in [-0.4, -0.2) is 35.0 Å². The Balaban J connectivity index is 0.00000342. The van der Waals surface area contributed by atoms with Crippen LogP contribution in [0.25, 0.3) is 0 Å². The number of carbonyl (C=O) groups excluding carboxylic acids is 2. The van der Waals surface area contributed by atoms with Gasteiger partial charge in [-0.15, -0.1) is 12.4 Å². The Labute approximate surface area is 211 Å². The molecule has 3 heterocycles. The van der Waals surface area contributed by atoms with Crippen molar-refractivity contribution in [3.8, 4) is 0 Å². The predicted octanol–water partition coefficient (Wildman–Crippen LogP) is 4.69. The van der Waals surface area contributed by atoms with E-state index in [9.17, 15) is 9.59 Å². The average Bonchev–Trinajstić information content (AvgIpc) is 3.30. The number of hydrogen-bond donors (Lipinski definition) is 3. The van der Waals surface area contributed by atoms with Gasteiger partial charge in [0.2, 0.25) is 5.91 Å². The molecule has 0 bridgehead atoms. The second kappa shape index (κ2) is 11.5. The molecule has 0 spiro atoms. The molecule has 1 aromatic carbocycles. The first-order valence-corrected chi connectivity index (χ1v) is 11.6. The third-order valence-corrected chi connectivity index (χ3v) is 5.92. The molecule has 1 aliphatic rings. The number of amides is 2. The van der Waals surface area contributed by atoms with E-state index in [0.29, 0.717) is 28.9 Å². The van der Waals surface area contributed by atoms with Crippen molar-refractivity contribution in [2.24, 2.45) is 0 Å². The first kappa shape index (κ1) is 26.4. The van der Waals surface area contributed by atoms with Crippen molar-refractivity contribution in [1.82, 2.24) is 15.5 Å². The van der Waals surface area contributed by atoms with Crippen LogP contribution in [0, 0.1) is 0 Å². The third kappa shape index (κ3) is 7.13. The van der Waals surface area contributed by atoms with Crippen LogP contribution in [0.3, 0.4) is 0 Å². The number of hydrogen-bond acceptors (Lipinski definition) is 6. The van der Waals surface area contributed by atoms with Crippen LogP contribution in [0.2, 0.25) is 0 Å². The Bertz CT molecular complexity index is 1130. The molecule has 2 amide bonds. The Morgan fingerprint density at radius 2 is 1.77 bits per heavy atom. The highest BCUT2D eigenvalue weighted by atomic mass is 35.5. The molecule has 4 rings (SSSR count). The number of piperidine rings is 1. The molecule has 0 aliphatic carbocycles. The highest BCUT2D eigenvalue weighted by molar-refractivity contribution is 6.02. The van der Waals surface area contributed by atoms with Gasteiger partial charge in [-0.1, -0.05) is 44.1 Å². The van der Waals surface area contributed by atoms with Crippen molar-refractivity contribution >= 4 is 35.7 Å². The van der Waals surface area contributed by atoms with E-state index in [2.05, 4.69) is 26.1 Å². The smallest absolute Gasteiger partial charge is 0.274 e. The Morgan fingerprint density at radius 3 is 2.37 bits per heavy atom. The zero-order valence-corrected chi connectivity index (χ0v) is 21.1. The Morgan fingerprint density at radius 1 is 1.06 bits per heavy atom. The van der Waals surface area contributed by atoms with Gasteiger partial charge in [-0.25, -0.2) is 0 Å². The number of anilines is 2. The molecule has 1 saturated heterocycles. The van der Waals surface area contributed by atoms with Crippen molar-refractivity contribution in [3.05, 3.63) is 71.2 Å². The monoisotopic (exact) mass is 497 g/mol. The number of rotatable bonds is 6. The van der Waals surface area contributed by atoms with Crippen molar-refractivity contribution < 1.29 is 14.1 Å². The van der Waals surface area contributed by atoms with Crippen LogP contribution in [0.1, 0.15) is 66.9 Å². The van der Waals surface area contributed by atoms with Gasteiger partial charge < -0.3 is 20.5 Å². The molecule has 0 atom stereocenters. The summed E-state index contributed by atoms with van der Waals surface area (Å²) in [6.45, 7) is 8.08. The number of halogens is 1. The summed E-state index contributed by atoms with van der Waals surface area (Å²) in [7, 11) is 0. The second-order valence-corrected chi connectivity index (χ2v) is 9.70.